The standard InChI is InChI=1S/C31H24N2O4/c1-36-21-11-7-18(8-12-21)26(19-9-13-22(37-2)14-10-19)27-23-15-16-24(27)29-28(23)30(34)33(31(29)35)25-6-4-3-5-20(25)17-32/h3-16,23-24,28-29H,1-2H3/t23-,24-,28-,29+/m1/s1. The normalized spacial score (nSPS) is 23.3. The fourth-order valence-corrected chi connectivity index (χ4v) is 6.11. The van der Waals surface area contributed by atoms with Gasteiger partial charge in [-0.15, -0.1) is 0 Å². The molecule has 182 valence electrons. The van der Waals surface area contributed by atoms with E-state index < -0.39 is 11.8 Å². The molecule has 0 N–H and O–H groups in total. The Morgan fingerprint density at radius 2 is 1.24 bits per heavy atom. The van der Waals surface area contributed by atoms with E-state index in [1.165, 1.54) is 4.90 Å². The van der Waals surface area contributed by atoms with Crippen LogP contribution in [0.25, 0.3) is 5.57 Å². The zero-order valence-electron chi connectivity index (χ0n) is 20.4. The Morgan fingerprint density at radius 1 is 0.757 bits per heavy atom. The molecule has 0 spiro atoms. The van der Waals surface area contributed by atoms with Gasteiger partial charge < -0.3 is 9.47 Å². The number of para-hydroxylation sites is 1. The van der Waals surface area contributed by atoms with E-state index in [1.807, 2.05) is 48.5 Å². The molecule has 1 aliphatic heterocycles. The first-order valence-electron chi connectivity index (χ1n) is 12.2. The first-order valence-corrected chi connectivity index (χ1v) is 12.2. The van der Waals surface area contributed by atoms with Gasteiger partial charge in [0, 0.05) is 11.8 Å². The minimum absolute atomic E-state index is 0.204. The number of nitriles is 1. The van der Waals surface area contributed by atoms with Gasteiger partial charge in [-0.05, 0) is 58.7 Å². The van der Waals surface area contributed by atoms with Crippen LogP contribution in [-0.4, -0.2) is 26.0 Å². The monoisotopic (exact) mass is 488 g/mol. The number of ether oxygens (including phenoxy) is 2. The summed E-state index contributed by atoms with van der Waals surface area (Å²) in [5.41, 5.74) is 4.77. The predicted octanol–water partition coefficient (Wildman–Crippen LogP) is 5.00. The Hall–Kier alpha value is -4.63. The molecule has 0 unspecified atom stereocenters. The highest BCUT2D eigenvalue weighted by Gasteiger charge is 2.62. The van der Waals surface area contributed by atoms with E-state index in [4.69, 9.17) is 9.47 Å². The fraction of sp³-hybridized carbons (Fsp3) is 0.194. The number of rotatable bonds is 5. The number of carbonyl (C=O) groups is 2. The fourth-order valence-electron chi connectivity index (χ4n) is 6.11. The van der Waals surface area contributed by atoms with Crippen LogP contribution in [-0.2, 0) is 9.59 Å². The molecule has 0 radical (unpaired) electrons. The van der Waals surface area contributed by atoms with E-state index in [1.54, 1.807) is 38.5 Å². The molecule has 1 heterocycles. The van der Waals surface area contributed by atoms with Crippen molar-refractivity contribution in [3.63, 3.8) is 0 Å². The van der Waals surface area contributed by atoms with Crippen molar-refractivity contribution in [3.8, 4) is 17.6 Å². The number of carbonyl (C=O) groups excluding carboxylic acids is 2. The van der Waals surface area contributed by atoms with Crippen LogP contribution < -0.4 is 14.4 Å². The molecule has 2 amide bonds. The average Bonchev–Trinajstić information content (AvgIpc) is 3.58. The molecule has 3 aromatic carbocycles. The Morgan fingerprint density at radius 3 is 1.70 bits per heavy atom. The Labute approximate surface area is 215 Å². The summed E-state index contributed by atoms with van der Waals surface area (Å²) < 4.78 is 10.7. The van der Waals surface area contributed by atoms with Crippen LogP contribution >= 0.6 is 0 Å². The third-order valence-corrected chi connectivity index (χ3v) is 7.73. The van der Waals surface area contributed by atoms with Crippen LogP contribution in [0.3, 0.4) is 0 Å². The molecule has 6 heteroatoms. The third-order valence-electron chi connectivity index (χ3n) is 7.73. The Kier molecular flexibility index (Phi) is 5.42. The van der Waals surface area contributed by atoms with Crippen LogP contribution in [0.5, 0.6) is 11.5 Å². The highest BCUT2D eigenvalue weighted by molar-refractivity contribution is 6.24. The summed E-state index contributed by atoms with van der Waals surface area (Å²) in [7, 11) is 3.27. The number of methoxy groups -OCH3 is 2. The topological polar surface area (TPSA) is 79.6 Å². The van der Waals surface area contributed by atoms with Gasteiger partial charge in [-0.3, -0.25) is 9.59 Å². The number of amides is 2. The second-order valence-corrected chi connectivity index (χ2v) is 9.42. The molecular formula is C31H24N2O4. The summed E-state index contributed by atoms with van der Waals surface area (Å²) in [4.78, 5) is 28.8. The van der Waals surface area contributed by atoms with Crippen LogP contribution in [0, 0.1) is 35.0 Å². The number of benzene rings is 3. The van der Waals surface area contributed by atoms with Gasteiger partial charge in [0.25, 0.3) is 0 Å². The summed E-state index contributed by atoms with van der Waals surface area (Å²) in [5, 5.41) is 9.58. The second kappa shape index (κ2) is 8.79. The molecule has 1 saturated carbocycles. The number of imide groups is 1. The lowest BCUT2D eigenvalue weighted by atomic mass is 9.85. The van der Waals surface area contributed by atoms with E-state index in [0.717, 1.165) is 33.8 Å². The molecule has 0 aromatic heterocycles. The van der Waals surface area contributed by atoms with Crippen LogP contribution in [0.1, 0.15) is 16.7 Å². The molecule has 2 bridgehead atoms. The van der Waals surface area contributed by atoms with Gasteiger partial charge in [-0.25, -0.2) is 4.90 Å². The Balaban J connectivity index is 1.48. The van der Waals surface area contributed by atoms with Crippen LogP contribution in [0.15, 0.2) is 90.5 Å². The summed E-state index contributed by atoms with van der Waals surface area (Å²) in [6.07, 6.45) is 4.14. The number of allylic oxidation sites excluding steroid dienone is 3. The van der Waals surface area contributed by atoms with Crippen molar-refractivity contribution < 1.29 is 19.1 Å². The Bertz CT molecular complexity index is 1430. The van der Waals surface area contributed by atoms with E-state index >= 15 is 0 Å². The zero-order chi connectivity index (χ0) is 25.7. The molecule has 2 aliphatic carbocycles. The van der Waals surface area contributed by atoms with E-state index in [2.05, 4.69) is 18.2 Å². The molecular weight excluding hydrogens is 464 g/mol. The van der Waals surface area contributed by atoms with Gasteiger partial charge in [0.1, 0.15) is 17.6 Å². The molecule has 6 rings (SSSR count). The lowest BCUT2D eigenvalue weighted by molar-refractivity contribution is -0.122. The van der Waals surface area contributed by atoms with Crippen molar-refractivity contribution >= 4 is 23.1 Å². The minimum atomic E-state index is -0.490. The minimum Gasteiger partial charge on any atom is -0.497 e. The summed E-state index contributed by atoms with van der Waals surface area (Å²) in [5.74, 6) is -0.359. The molecule has 3 aliphatic rings. The van der Waals surface area contributed by atoms with Gasteiger partial charge in [0.05, 0.1) is 37.3 Å². The molecule has 4 atom stereocenters. The van der Waals surface area contributed by atoms with E-state index in [0.29, 0.717) is 11.3 Å². The van der Waals surface area contributed by atoms with Crippen molar-refractivity contribution in [1.29, 1.82) is 5.26 Å². The molecule has 3 aromatic rings. The summed E-state index contributed by atoms with van der Waals surface area (Å²) in [6.45, 7) is 0. The lowest BCUT2D eigenvalue weighted by Gasteiger charge is -2.22. The van der Waals surface area contributed by atoms with Crippen LogP contribution in [0.4, 0.5) is 5.69 Å². The quantitative estimate of drug-likeness (QED) is 0.373. The number of hydrogen-bond acceptors (Lipinski definition) is 5. The summed E-state index contributed by atoms with van der Waals surface area (Å²) in [6, 6.07) is 24.6. The highest BCUT2D eigenvalue weighted by atomic mass is 16.5. The largest absolute Gasteiger partial charge is 0.497 e. The number of hydrogen-bond donors (Lipinski definition) is 0. The van der Waals surface area contributed by atoms with Gasteiger partial charge in [-0.2, -0.15) is 5.26 Å². The van der Waals surface area contributed by atoms with Crippen molar-refractivity contribution in [2.24, 2.45) is 23.7 Å². The third kappa shape index (κ3) is 3.39. The highest BCUT2D eigenvalue weighted by Crippen LogP contribution is 2.59. The molecule has 1 saturated heterocycles. The maximum Gasteiger partial charge on any atom is 0.238 e. The van der Waals surface area contributed by atoms with E-state index in [9.17, 15) is 14.9 Å². The lowest BCUT2D eigenvalue weighted by Crippen LogP contribution is -2.33. The van der Waals surface area contributed by atoms with Gasteiger partial charge in [-0.1, -0.05) is 48.6 Å². The van der Waals surface area contributed by atoms with Crippen LogP contribution in [0.2, 0.25) is 0 Å². The molecule has 37 heavy (non-hydrogen) atoms. The zero-order valence-corrected chi connectivity index (χ0v) is 20.4. The maximum atomic E-state index is 13.8. The summed E-state index contributed by atoms with van der Waals surface area (Å²) >= 11 is 0. The SMILES string of the molecule is COc1ccc(C(=C2[C@H]3C=C[C@H]2[C@H]2C(=O)N(c4ccccc4C#N)C(=O)[C@H]23)c2ccc(OC)cc2)cc1. The van der Waals surface area contributed by atoms with Crippen molar-refractivity contribution in [2.75, 3.05) is 19.1 Å². The molecule has 6 nitrogen and oxygen atoms in total. The number of fused-ring (bicyclic) bond motifs is 5. The smallest absolute Gasteiger partial charge is 0.238 e. The van der Waals surface area contributed by atoms with Gasteiger partial charge in [0.2, 0.25) is 11.8 Å². The molecule has 2 fully saturated rings. The van der Waals surface area contributed by atoms with Crippen molar-refractivity contribution in [3.05, 3.63) is 107 Å². The van der Waals surface area contributed by atoms with Gasteiger partial charge >= 0.3 is 0 Å². The number of anilines is 1. The number of nitrogens with zero attached hydrogens (tertiary/aromatic N) is 2. The average molecular weight is 489 g/mol. The van der Waals surface area contributed by atoms with Gasteiger partial charge in [0.15, 0.2) is 0 Å². The second-order valence-electron chi connectivity index (χ2n) is 9.42. The maximum absolute atomic E-state index is 13.8. The van der Waals surface area contributed by atoms with E-state index in [-0.39, 0.29) is 23.7 Å². The first-order chi connectivity index (χ1) is 18.1. The van der Waals surface area contributed by atoms with Crippen molar-refractivity contribution in [2.45, 2.75) is 0 Å². The van der Waals surface area contributed by atoms with Crippen molar-refractivity contribution in [1.82, 2.24) is 0 Å². The predicted molar refractivity (Wildman–Crippen MR) is 139 cm³/mol. The first kappa shape index (κ1) is 22.8.